The van der Waals surface area contributed by atoms with Crippen LogP contribution in [0, 0.1) is 23.1 Å². The van der Waals surface area contributed by atoms with E-state index >= 15 is 0 Å². The van der Waals surface area contributed by atoms with Gasteiger partial charge in [-0.25, -0.2) is 9.37 Å². The molecule has 6 nitrogen and oxygen atoms in total. The molecule has 2 unspecified atom stereocenters. The zero-order valence-electron chi connectivity index (χ0n) is 13.6. The molecule has 1 saturated heterocycles. The Balaban J connectivity index is 1.71. The lowest BCUT2D eigenvalue weighted by Crippen LogP contribution is -2.32. The molecule has 1 aromatic carbocycles. The van der Waals surface area contributed by atoms with Crippen LogP contribution in [-0.2, 0) is 11.4 Å². The third-order valence-corrected chi connectivity index (χ3v) is 5.70. The van der Waals surface area contributed by atoms with E-state index in [1.807, 2.05) is 0 Å². The van der Waals surface area contributed by atoms with Crippen LogP contribution >= 0.6 is 11.6 Å². The highest BCUT2D eigenvalue weighted by molar-refractivity contribution is 7.89. The molecule has 26 heavy (non-hydrogen) atoms. The monoisotopic (exact) mass is 394 g/mol. The van der Waals surface area contributed by atoms with Crippen LogP contribution in [0.2, 0.25) is 5.02 Å². The molecule has 0 saturated carbocycles. The summed E-state index contributed by atoms with van der Waals surface area (Å²) in [6.45, 7) is 1.17. The Morgan fingerprint density at radius 3 is 2.85 bits per heavy atom. The topological polar surface area (TPSA) is 98.2 Å². The summed E-state index contributed by atoms with van der Waals surface area (Å²) in [6, 6.07) is 9.08. The van der Waals surface area contributed by atoms with Gasteiger partial charge < -0.3 is 15.0 Å². The van der Waals surface area contributed by atoms with E-state index in [2.05, 4.69) is 4.98 Å². The number of ether oxygens (including phenoxy) is 1. The van der Waals surface area contributed by atoms with Gasteiger partial charge in [-0.3, -0.25) is 0 Å². The quantitative estimate of drug-likeness (QED) is 0.780. The summed E-state index contributed by atoms with van der Waals surface area (Å²) in [6.07, 6.45) is 1.10. The number of benzene rings is 1. The Morgan fingerprint density at radius 2 is 2.23 bits per heavy atom. The van der Waals surface area contributed by atoms with Gasteiger partial charge in [0, 0.05) is 24.6 Å². The third-order valence-electron chi connectivity index (χ3n) is 4.11. The van der Waals surface area contributed by atoms with Crippen molar-refractivity contribution >= 4 is 23.0 Å². The van der Waals surface area contributed by atoms with Crippen molar-refractivity contribution in [2.45, 2.75) is 11.1 Å². The lowest BCUT2D eigenvalue weighted by atomic mass is 10.1. The lowest BCUT2D eigenvalue weighted by molar-refractivity contribution is 0.174. The maximum absolute atomic E-state index is 13.8. The molecular weight excluding hydrogens is 379 g/mol. The van der Waals surface area contributed by atoms with E-state index in [9.17, 15) is 8.94 Å². The van der Waals surface area contributed by atoms with Gasteiger partial charge in [0.25, 0.3) is 5.03 Å². The lowest BCUT2D eigenvalue weighted by Gasteiger charge is -2.19. The summed E-state index contributed by atoms with van der Waals surface area (Å²) in [4.78, 5) is 4.09. The first-order valence-electron chi connectivity index (χ1n) is 7.86. The van der Waals surface area contributed by atoms with Crippen molar-refractivity contribution in [3.05, 3.63) is 52.9 Å². The maximum atomic E-state index is 13.8. The molecule has 1 aliphatic rings. The highest BCUT2D eigenvalue weighted by Crippen LogP contribution is 2.28. The number of nitriles is 1. The van der Waals surface area contributed by atoms with Crippen LogP contribution in [0.15, 0.2) is 41.6 Å². The van der Waals surface area contributed by atoms with E-state index in [0.29, 0.717) is 35.4 Å². The van der Waals surface area contributed by atoms with Gasteiger partial charge >= 0.3 is 0 Å². The molecule has 2 aromatic rings. The minimum atomic E-state index is -1.47. The number of rotatable bonds is 5. The smallest absolute Gasteiger partial charge is 0.265 e. The van der Waals surface area contributed by atoms with E-state index < -0.39 is 17.2 Å². The number of halogens is 2. The van der Waals surface area contributed by atoms with Gasteiger partial charge in [0.2, 0.25) is 0 Å². The van der Waals surface area contributed by atoms with E-state index in [0.717, 1.165) is 0 Å². The van der Waals surface area contributed by atoms with Crippen molar-refractivity contribution in [3.63, 3.8) is 0 Å². The van der Waals surface area contributed by atoms with Crippen LogP contribution in [0.4, 0.5) is 4.39 Å². The van der Waals surface area contributed by atoms with Crippen molar-refractivity contribution in [1.29, 1.82) is 5.26 Å². The standard InChI is InChI=1S/C17H16ClFN4O2S/c18-13-2-4-17(22-8-13)26(24)23-9-12(7-21)16(10-23)25-14-3-1-11(6-20)15(19)5-14/h1-5,8,12,16H,7,9-10,21H2/t12?,16-,26?/m0/s1. The number of hydrogen-bond acceptors (Lipinski definition) is 6. The normalized spacial score (nSPS) is 21.3. The zero-order valence-corrected chi connectivity index (χ0v) is 15.2. The Hall–Kier alpha value is -1.89. The highest BCUT2D eigenvalue weighted by atomic mass is 35.5. The second kappa shape index (κ2) is 8.20. The predicted octanol–water partition coefficient (Wildman–Crippen LogP) is 2.11. The van der Waals surface area contributed by atoms with Crippen molar-refractivity contribution in [1.82, 2.24) is 9.29 Å². The number of hydrogen-bond donors (Lipinski definition) is 1. The second-order valence-electron chi connectivity index (χ2n) is 5.82. The maximum Gasteiger partial charge on any atom is 0.265 e. The molecule has 2 N–H and O–H groups in total. The van der Waals surface area contributed by atoms with E-state index in [1.54, 1.807) is 22.5 Å². The van der Waals surface area contributed by atoms with Crippen molar-refractivity contribution in [2.75, 3.05) is 19.6 Å². The molecule has 1 fully saturated rings. The zero-order chi connectivity index (χ0) is 18.7. The Labute approximate surface area is 158 Å². The summed E-state index contributed by atoms with van der Waals surface area (Å²) in [7, 11) is 0. The van der Waals surface area contributed by atoms with Crippen LogP contribution in [0.1, 0.15) is 5.56 Å². The third kappa shape index (κ3) is 4.09. The molecule has 0 spiro atoms. The molecule has 0 radical (unpaired) electrons. The largest absolute Gasteiger partial charge is 0.592 e. The molecule has 9 heteroatoms. The van der Waals surface area contributed by atoms with E-state index in [4.69, 9.17) is 27.3 Å². The number of aromatic nitrogens is 1. The highest BCUT2D eigenvalue weighted by Gasteiger charge is 2.40. The van der Waals surface area contributed by atoms with Crippen LogP contribution in [0.3, 0.4) is 0 Å². The fourth-order valence-corrected chi connectivity index (χ4v) is 4.04. The van der Waals surface area contributed by atoms with Crippen molar-refractivity contribution < 1.29 is 13.7 Å². The Morgan fingerprint density at radius 1 is 1.42 bits per heavy atom. The number of nitrogens with zero attached hydrogens (tertiary/aromatic N) is 3. The molecule has 1 aliphatic heterocycles. The van der Waals surface area contributed by atoms with Crippen LogP contribution in [0.25, 0.3) is 0 Å². The molecule has 3 rings (SSSR count). The predicted molar refractivity (Wildman–Crippen MR) is 95.3 cm³/mol. The van der Waals surface area contributed by atoms with Crippen molar-refractivity contribution in [3.8, 4) is 11.8 Å². The summed E-state index contributed by atoms with van der Waals surface area (Å²) in [5.41, 5.74) is 5.77. The Bertz CT molecular complexity index is 817. The van der Waals surface area contributed by atoms with Gasteiger partial charge in [0.05, 0.1) is 29.9 Å². The molecule has 1 aromatic heterocycles. The van der Waals surface area contributed by atoms with Crippen LogP contribution in [0.5, 0.6) is 5.75 Å². The first kappa shape index (κ1) is 18.9. The molecule has 0 aliphatic carbocycles. The van der Waals surface area contributed by atoms with Crippen molar-refractivity contribution in [2.24, 2.45) is 11.7 Å². The number of pyridine rings is 1. The van der Waals surface area contributed by atoms with E-state index in [1.165, 1.54) is 24.4 Å². The van der Waals surface area contributed by atoms with Gasteiger partial charge in [0.15, 0.2) is 0 Å². The number of nitrogens with two attached hydrogens (primary N) is 1. The van der Waals surface area contributed by atoms with Crippen LogP contribution in [-0.4, -0.2) is 39.6 Å². The first-order valence-corrected chi connectivity index (χ1v) is 9.35. The average molecular weight is 395 g/mol. The minimum absolute atomic E-state index is 0.0457. The summed E-state index contributed by atoms with van der Waals surface area (Å²) < 4.78 is 34.0. The molecule has 0 bridgehead atoms. The average Bonchev–Trinajstić information content (AvgIpc) is 3.05. The summed E-state index contributed by atoms with van der Waals surface area (Å²) in [5, 5.41) is 9.66. The fraction of sp³-hybridized carbons (Fsp3) is 0.294. The molecular formula is C17H16ClFN4O2S. The SMILES string of the molecule is N#Cc1ccc(O[C@H]2CN([S+]([O-])c3ccc(Cl)cn3)CC2CN)cc1F. The van der Waals surface area contributed by atoms with Gasteiger partial charge in [-0.15, -0.1) is 4.31 Å². The summed E-state index contributed by atoms with van der Waals surface area (Å²) in [5.74, 6) is -0.398. The van der Waals surface area contributed by atoms with Gasteiger partial charge in [-0.1, -0.05) is 11.6 Å². The fourth-order valence-electron chi connectivity index (χ4n) is 2.73. The van der Waals surface area contributed by atoms with Crippen LogP contribution < -0.4 is 10.5 Å². The molecule has 2 heterocycles. The van der Waals surface area contributed by atoms with Gasteiger partial charge in [-0.05, 0) is 18.2 Å². The van der Waals surface area contributed by atoms with Gasteiger partial charge in [0.1, 0.15) is 35.1 Å². The minimum Gasteiger partial charge on any atom is -0.592 e. The summed E-state index contributed by atoms with van der Waals surface area (Å²) >= 11 is 4.34. The molecule has 3 atom stereocenters. The molecule has 136 valence electrons. The molecule has 0 amide bonds. The Kier molecular flexibility index (Phi) is 5.96. The van der Waals surface area contributed by atoms with E-state index in [-0.39, 0.29) is 17.6 Å². The van der Waals surface area contributed by atoms with Gasteiger partial charge in [-0.2, -0.15) is 5.26 Å². The second-order valence-corrected chi connectivity index (χ2v) is 7.69. The first-order chi connectivity index (χ1) is 12.5.